The van der Waals surface area contributed by atoms with Crippen molar-refractivity contribution in [2.75, 3.05) is 0 Å². The molecule has 0 amide bonds. The molecule has 0 saturated heterocycles. The zero-order valence-electron chi connectivity index (χ0n) is 7.62. The average molecular weight is 253 g/mol. The summed E-state index contributed by atoms with van der Waals surface area (Å²) in [5.74, 6) is 0. The number of benzene rings is 1. The van der Waals surface area contributed by atoms with Gasteiger partial charge < -0.3 is 0 Å². The van der Waals surface area contributed by atoms with Crippen LogP contribution in [0.15, 0.2) is 39.9 Å². The number of aromatic amines is 1. The van der Waals surface area contributed by atoms with Crippen molar-refractivity contribution in [2.45, 2.75) is 6.92 Å². The predicted octanol–water partition coefficient (Wildman–Crippen LogP) is 2.24. The van der Waals surface area contributed by atoms with Gasteiger partial charge in [-0.2, -0.15) is 0 Å². The van der Waals surface area contributed by atoms with E-state index < -0.39 is 0 Å². The zero-order valence-corrected chi connectivity index (χ0v) is 9.21. The summed E-state index contributed by atoms with van der Waals surface area (Å²) in [6.45, 7) is 2.01. The van der Waals surface area contributed by atoms with E-state index in [-0.39, 0.29) is 5.69 Å². The van der Waals surface area contributed by atoms with E-state index in [1.54, 1.807) is 10.8 Å². The van der Waals surface area contributed by atoms with Gasteiger partial charge in [0.05, 0.1) is 5.69 Å². The van der Waals surface area contributed by atoms with Crippen molar-refractivity contribution in [3.63, 3.8) is 0 Å². The third kappa shape index (κ3) is 1.65. The minimum atomic E-state index is -0.138. The number of hydrogen-bond donors (Lipinski definition) is 1. The summed E-state index contributed by atoms with van der Waals surface area (Å²) in [6.07, 6.45) is 1.72. The Bertz CT molecular complexity index is 496. The van der Waals surface area contributed by atoms with E-state index >= 15 is 0 Å². The van der Waals surface area contributed by atoms with Crippen LogP contribution in [-0.2, 0) is 0 Å². The smallest absolute Gasteiger partial charge is 0.300 e. The van der Waals surface area contributed by atoms with E-state index in [0.717, 1.165) is 5.69 Å². The summed E-state index contributed by atoms with van der Waals surface area (Å²) < 4.78 is 2.24. The second kappa shape index (κ2) is 3.46. The van der Waals surface area contributed by atoms with Gasteiger partial charge in [0.25, 0.3) is 0 Å². The molecule has 0 aliphatic heterocycles. The summed E-state index contributed by atoms with van der Waals surface area (Å²) in [5, 5.41) is 0. The van der Waals surface area contributed by atoms with Gasteiger partial charge >= 0.3 is 5.69 Å². The van der Waals surface area contributed by atoms with Gasteiger partial charge in [0.2, 0.25) is 0 Å². The molecule has 0 spiro atoms. The molecule has 3 nitrogen and oxygen atoms in total. The first-order valence-electron chi connectivity index (χ1n) is 4.21. The van der Waals surface area contributed by atoms with E-state index in [1.807, 2.05) is 31.2 Å². The Labute approximate surface area is 89.5 Å². The lowest BCUT2D eigenvalue weighted by molar-refractivity contribution is 0.986. The molecule has 0 aliphatic rings. The third-order valence-electron chi connectivity index (χ3n) is 2.00. The van der Waals surface area contributed by atoms with E-state index in [2.05, 4.69) is 20.9 Å². The van der Waals surface area contributed by atoms with Crippen LogP contribution in [0.25, 0.3) is 5.69 Å². The van der Waals surface area contributed by atoms with E-state index in [1.165, 1.54) is 5.56 Å². The second-order valence-electron chi connectivity index (χ2n) is 3.11. The molecule has 0 aliphatic carbocycles. The fourth-order valence-corrected chi connectivity index (χ4v) is 1.64. The molecular weight excluding hydrogens is 244 g/mol. The third-order valence-corrected chi connectivity index (χ3v) is 2.40. The molecule has 0 unspecified atom stereocenters. The van der Waals surface area contributed by atoms with Crippen LogP contribution in [0.4, 0.5) is 0 Å². The Hall–Kier alpha value is -1.29. The molecule has 0 saturated carbocycles. The van der Waals surface area contributed by atoms with Gasteiger partial charge in [0, 0.05) is 6.20 Å². The molecule has 1 aromatic heterocycles. The van der Waals surface area contributed by atoms with Crippen molar-refractivity contribution in [3.8, 4) is 5.69 Å². The first-order valence-corrected chi connectivity index (χ1v) is 5.00. The Morgan fingerprint density at radius 2 is 1.93 bits per heavy atom. The highest BCUT2D eigenvalue weighted by Crippen LogP contribution is 2.09. The Morgan fingerprint density at radius 3 is 2.43 bits per heavy atom. The van der Waals surface area contributed by atoms with Crippen molar-refractivity contribution in [2.24, 2.45) is 0 Å². The molecule has 4 heteroatoms. The van der Waals surface area contributed by atoms with Crippen LogP contribution in [0.1, 0.15) is 5.56 Å². The van der Waals surface area contributed by atoms with E-state index in [0.29, 0.717) is 4.60 Å². The Balaban J connectivity index is 2.54. The topological polar surface area (TPSA) is 37.8 Å². The first-order chi connectivity index (χ1) is 6.66. The normalized spacial score (nSPS) is 10.4. The molecule has 2 rings (SSSR count). The molecule has 0 radical (unpaired) electrons. The van der Waals surface area contributed by atoms with Crippen molar-refractivity contribution in [3.05, 3.63) is 51.1 Å². The number of nitrogens with zero attached hydrogens (tertiary/aromatic N) is 1. The van der Waals surface area contributed by atoms with Crippen LogP contribution < -0.4 is 5.69 Å². The molecule has 72 valence electrons. The lowest BCUT2D eigenvalue weighted by Crippen LogP contribution is -2.13. The van der Waals surface area contributed by atoms with Crippen molar-refractivity contribution >= 4 is 15.9 Å². The maximum Gasteiger partial charge on any atom is 0.330 e. The highest BCUT2D eigenvalue weighted by molar-refractivity contribution is 9.10. The number of H-pyrrole nitrogens is 1. The lowest BCUT2D eigenvalue weighted by atomic mass is 10.2. The zero-order chi connectivity index (χ0) is 10.1. The fraction of sp³-hybridized carbons (Fsp3) is 0.100. The van der Waals surface area contributed by atoms with Gasteiger partial charge in [-0.15, -0.1) is 0 Å². The minimum absolute atomic E-state index is 0.138. The van der Waals surface area contributed by atoms with Crippen LogP contribution in [0.3, 0.4) is 0 Å². The Kier molecular flexibility index (Phi) is 2.29. The van der Waals surface area contributed by atoms with Crippen LogP contribution in [0, 0.1) is 6.92 Å². The summed E-state index contributed by atoms with van der Waals surface area (Å²) in [4.78, 5) is 14.0. The van der Waals surface area contributed by atoms with E-state index in [4.69, 9.17) is 0 Å². The van der Waals surface area contributed by atoms with Crippen molar-refractivity contribution < 1.29 is 0 Å². The predicted molar refractivity (Wildman–Crippen MR) is 58.8 cm³/mol. The number of nitrogens with one attached hydrogen (secondary N) is 1. The maximum atomic E-state index is 11.4. The largest absolute Gasteiger partial charge is 0.330 e. The molecule has 1 aromatic carbocycles. The fourth-order valence-electron chi connectivity index (χ4n) is 1.26. The number of aromatic nitrogens is 2. The number of rotatable bonds is 1. The quantitative estimate of drug-likeness (QED) is 0.831. The summed E-state index contributed by atoms with van der Waals surface area (Å²) in [6, 6.07) is 7.78. The minimum Gasteiger partial charge on any atom is -0.300 e. The van der Waals surface area contributed by atoms with E-state index in [9.17, 15) is 4.79 Å². The molecule has 1 N–H and O–H groups in total. The highest BCUT2D eigenvalue weighted by Gasteiger charge is 2.01. The van der Waals surface area contributed by atoms with Gasteiger partial charge in [-0.25, -0.2) is 4.79 Å². The molecule has 2 aromatic rings. The highest BCUT2D eigenvalue weighted by atomic mass is 79.9. The van der Waals surface area contributed by atoms with Crippen molar-refractivity contribution in [1.29, 1.82) is 0 Å². The molecule has 1 heterocycles. The van der Waals surface area contributed by atoms with Crippen LogP contribution >= 0.6 is 15.9 Å². The lowest BCUT2D eigenvalue weighted by Gasteiger charge is -2.00. The van der Waals surface area contributed by atoms with Gasteiger partial charge in [-0.3, -0.25) is 9.55 Å². The van der Waals surface area contributed by atoms with Gasteiger partial charge in [-0.1, -0.05) is 17.7 Å². The monoisotopic (exact) mass is 252 g/mol. The summed E-state index contributed by atoms with van der Waals surface area (Å²) in [5.41, 5.74) is 1.90. The molecule has 14 heavy (non-hydrogen) atoms. The second-order valence-corrected chi connectivity index (χ2v) is 3.97. The standard InChI is InChI=1S/C10H9BrN2O/c1-7-2-4-8(5-3-7)13-6-9(11)12-10(13)14/h2-6H,1H3,(H,12,14). The van der Waals surface area contributed by atoms with Gasteiger partial charge in [0.1, 0.15) is 4.60 Å². The first kappa shape index (κ1) is 9.27. The Morgan fingerprint density at radius 1 is 1.29 bits per heavy atom. The molecule has 0 fully saturated rings. The number of halogens is 1. The number of hydrogen-bond acceptors (Lipinski definition) is 1. The number of aryl methyl sites for hydroxylation is 1. The average Bonchev–Trinajstić information content (AvgIpc) is 2.47. The van der Waals surface area contributed by atoms with Gasteiger partial charge in [-0.05, 0) is 35.0 Å². The maximum absolute atomic E-state index is 11.4. The summed E-state index contributed by atoms with van der Waals surface area (Å²) >= 11 is 3.22. The molecule has 0 bridgehead atoms. The SMILES string of the molecule is Cc1ccc(-n2cc(Br)[nH]c2=O)cc1. The summed E-state index contributed by atoms with van der Waals surface area (Å²) in [7, 11) is 0. The van der Waals surface area contributed by atoms with Crippen LogP contribution in [0.2, 0.25) is 0 Å². The van der Waals surface area contributed by atoms with Crippen LogP contribution in [-0.4, -0.2) is 9.55 Å². The van der Waals surface area contributed by atoms with Crippen LogP contribution in [0.5, 0.6) is 0 Å². The van der Waals surface area contributed by atoms with Gasteiger partial charge in [0.15, 0.2) is 0 Å². The van der Waals surface area contributed by atoms with Crippen molar-refractivity contribution in [1.82, 2.24) is 9.55 Å². The molecule has 0 atom stereocenters. The number of imidazole rings is 1. The molecular formula is C10H9BrN2O.